The molecule has 0 bridgehead atoms. The average Bonchev–Trinajstić information content (AvgIpc) is 2.63. The number of hydrogen-bond donors (Lipinski definition) is 1. The number of nitrogens with zero attached hydrogens (tertiary/aromatic N) is 1. The summed E-state index contributed by atoms with van der Waals surface area (Å²) < 4.78 is 36.5. The maximum absolute atomic E-state index is 13.5. The molecule has 0 heterocycles. The van der Waals surface area contributed by atoms with E-state index in [1.54, 1.807) is 0 Å². The van der Waals surface area contributed by atoms with Gasteiger partial charge < -0.3 is 14.8 Å². The molecular weight excluding hydrogens is 366 g/mol. The first-order valence-electron chi connectivity index (χ1n) is 7.59. The normalized spacial score (nSPS) is 11.4. The van der Waals surface area contributed by atoms with E-state index in [2.05, 4.69) is 5.32 Å². The van der Waals surface area contributed by atoms with Gasteiger partial charge >= 0.3 is 5.97 Å². The number of hydrogen-bond acceptors (Lipinski definition) is 6. The predicted molar refractivity (Wildman–Crippen MR) is 89.1 cm³/mol. The molecule has 0 aliphatic heterocycles. The van der Waals surface area contributed by atoms with Crippen molar-refractivity contribution >= 4 is 23.3 Å². The van der Waals surface area contributed by atoms with Crippen LogP contribution in [0.25, 0.3) is 0 Å². The zero-order chi connectivity index (χ0) is 20.0. The molecular formula is C17H14F2N2O6. The van der Waals surface area contributed by atoms with Gasteiger partial charge in [0.05, 0.1) is 10.6 Å². The molecule has 142 valence electrons. The smallest absolute Gasteiger partial charge is 0.344 e. The van der Waals surface area contributed by atoms with Gasteiger partial charge in [0.15, 0.2) is 12.7 Å². The molecule has 27 heavy (non-hydrogen) atoms. The molecule has 0 spiro atoms. The Kier molecular flexibility index (Phi) is 6.36. The third-order valence-electron chi connectivity index (χ3n) is 3.27. The summed E-state index contributed by atoms with van der Waals surface area (Å²) in [6, 6.07) is 7.53. The SMILES string of the molecule is C[C@@H](OC(=O)COc1ccc([N+](=O)[O-])cc1)C(=O)Nc1cc(F)ccc1F. The van der Waals surface area contributed by atoms with Gasteiger partial charge in [-0.1, -0.05) is 0 Å². The monoisotopic (exact) mass is 380 g/mol. The molecule has 0 aliphatic carbocycles. The van der Waals surface area contributed by atoms with E-state index < -0.39 is 41.1 Å². The van der Waals surface area contributed by atoms with E-state index >= 15 is 0 Å². The highest BCUT2D eigenvalue weighted by Crippen LogP contribution is 2.18. The molecule has 2 aromatic carbocycles. The minimum absolute atomic E-state index is 0.139. The maximum atomic E-state index is 13.5. The van der Waals surface area contributed by atoms with Gasteiger partial charge in [-0.3, -0.25) is 14.9 Å². The molecule has 10 heteroatoms. The van der Waals surface area contributed by atoms with Gasteiger partial charge in [0, 0.05) is 18.2 Å². The van der Waals surface area contributed by atoms with Crippen molar-refractivity contribution in [3.63, 3.8) is 0 Å². The van der Waals surface area contributed by atoms with E-state index in [1.165, 1.54) is 31.2 Å². The van der Waals surface area contributed by atoms with Gasteiger partial charge in [0.25, 0.3) is 11.6 Å². The number of nitro benzene ring substituents is 1. The van der Waals surface area contributed by atoms with Crippen LogP contribution in [0.4, 0.5) is 20.2 Å². The summed E-state index contributed by atoms with van der Waals surface area (Å²) in [6.07, 6.45) is -1.29. The second kappa shape index (κ2) is 8.70. The molecule has 0 fully saturated rings. The Hall–Kier alpha value is -3.56. The number of non-ortho nitro benzene ring substituents is 1. The van der Waals surface area contributed by atoms with E-state index in [0.29, 0.717) is 0 Å². The molecule has 1 atom stereocenters. The van der Waals surface area contributed by atoms with Crippen LogP contribution in [0, 0.1) is 21.7 Å². The molecule has 2 rings (SSSR count). The number of halogens is 2. The van der Waals surface area contributed by atoms with Crippen molar-refractivity contribution in [1.82, 2.24) is 0 Å². The lowest BCUT2D eigenvalue weighted by atomic mass is 10.2. The fourth-order valence-corrected chi connectivity index (χ4v) is 1.92. The molecule has 0 radical (unpaired) electrons. The molecule has 8 nitrogen and oxygen atoms in total. The summed E-state index contributed by atoms with van der Waals surface area (Å²) in [5.41, 5.74) is -0.523. The Morgan fingerprint density at radius 3 is 2.48 bits per heavy atom. The fourth-order valence-electron chi connectivity index (χ4n) is 1.92. The number of benzene rings is 2. The number of anilines is 1. The van der Waals surface area contributed by atoms with Crippen LogP contribution in [0.15, 0.2) is 42.5 Å². The quantitative estimate of drug-likeness (QED) is 0.450. The number of ether oxygens (including phenoxy) is 2. The fraction of sp³-hybridized carbons (Fsp3) is 0.176. The number of carbonyl (C=O) groups excluding carboxylic acids is 2. The van der Waals surface area contributed by atoms with Crippen LogP contribution < -0.4 is 10.1 Å². The van der Waals surface area contributed by atoms with Crippen molar-refractivity contribution in [3.8, 4) is 5.75 Å². The molecule has 0 unspecified atom stereocenters. The lowest BCUT2D eigenvalue weighted by molar-refractivity contribution is -0.384. The van der Waals surface area contributed by atoms with Crippen molar-refractivity contribution in [1.29, 1.82) is 0 Å². The van der Waals surface area contributed by atoms with E-state index in [1.807, 2.05) is 0 Å². The second-order valence-electron chi connectivity index (χ2n) is 5.29. The minimum atomic E-state index is -1.29. The number of nitro groups is 1. The van der Waals surface area contributed by atoms with Crippen LogP contribution in [0.2, 0.25) is 0 Å². The third kappa shape index (κ3) is 5.73. The van der Waals surface area contributed by atoms with E-state index in [0.717, 1.165) is 18.2 Å². The van der Waals surface area contributed by atoms with Crippen molar-refractivity contribution < 1.29 is 32.8 Å². The maximum Gasteiger partial charge on any atom is 0.344 e. The highest BCUT2D eigenvalue weighted by molar-refractivity contribution is 5.95. The standard InChI is InChI=1S/C17H14F2N2O6/c1-10(17(23)20-15-8-11(18)2-7-14(15)19)27-16(22)9-26-13-5-3-12(4-6-13)21(24)25/h2-8,10H,9H2,1H3,(H,20,23)/t10-/m1/s1. The topological polar surface area (TPSA) is 108 Å². The highest BCUT2D eigenvalue weighted by atomic mass is 19.1. The summed E-state index contributed by atoms with van der Waals surface area (Å²) in [7, 11) is 0. The second-order valence-corrected chi connectivity index (χ2v) is 5.29. The molecule has 0 aliphatic rings. The van der Waals surface area contributed by atoms with Crippen LogP contribution in [-0.2, 0) is 14.3 Å². The third-order valence-corrected chi connectivity index (χ3v) is 3.27. The van der Waals surface area contributed by atoms with Crippen LogP contribution in [0.3, 0.4) is 0 Å². The lowest BCUT2D eigenvalue weighted by Crippen LogP contribution is -2.32. The Bertz CT molecular complexity index is 857. The van der Waals surface area contributed by atoms with Gasteiger partial charge in [0.1, 0.15) is 17.4 Å². The first-order valence-corrected chi connectivity index (χ1v) is 7.59. The van der Waals surface area contributed by atoms with Gasteiger partial charge in [-0.05, 0) is 31.2 Å². The Morgan fingerprint density at radius 1 is 1.19 bits per heavy atom. The highest BCUT2D eigenvalue weighted by Gasteiger charge is 2.20. The number of rotatable bonds is 7. The van der Waals surface area contributed by atoms with Crippen molar-refractivity contribution in [2.45, 2.75) is 13.0 Å². The van der Waals surface area contributed by atoms with Crippen molar-refractivity contribution in [3.05, 3.63) is 64.2 Å². The van der Waals surface area contributed by atoms with Gasteiger partial charge in [-0.25, -0.2) is 13.6 Å². The summed E-state index contributed by atoms with van der Waals surface area (Å²) in [6.45, 7) is 0.695. The zero-order valence-corrected chi connectivity index (χ0v) is 14.0. The van der Waals surface area contributed by atoms with Crippen molar-refractivity contribution in [2.24, 2.45) is 0 Å². The first kappa shape index (κ1) is 19.8. The summed E-state index contributed by atoms with van der Waals surface area (Å²) in [5.74, 6) is -3.15. The number of amides is 1. The summed E-state index contributed by atoms with van der Waals surface area (Å²) in [4.78, 5) is 33.6. The Labute approximate surface area is 151 Å². The predicted octanol–water partition coefficient (Wildman–Crippen LogP) is 2.82. The van der Waals surface area contributed by atoms with E-state index in [9.17, 15) is 28.5 Å². The van der Waals surface area contributed by atoms with E-state index in [-0.39, 0.29) is 17.1 Å². The van der Waals surface area contributed by atoms with Crippen LogP contribution >= 0.6 is 0 Å². The largest absolute Gasteiger partial charge is 0.482 e. The molecule has 2 aromatic rings. The zero-order valence-electron chi connectivity index (χ0n) is 14.0. The molecule has 0 aromatic heterocycles. The van der Waals surface area contributed by atoms with Gasteiger partial charge in [-0.15, -0.1) is 0 Å². The van der Waals surface area contributed by atoms with Crippen LogP contribution in [0.1, 0.15) is 6.92 Å². The van der Waals surface area contributed by atoms with Crippen LogP contribution in [-0.4, -0.2) is 29.5 Å². The Morgan fingerprint density at radius 2 is 1.85 bits per heavy atom. The molecule has 1 N–H and O–H groups in total. The van der Waals surface area contributed by atoms with Crippen molar-refractivity contribution in [2.75, 3.05) is 11.9 Å². The van der Waals surface area contributed by atoms with Gasteiger partial charge in [0.2, 0.25) is 0 Å². The molecule has 0 saturated carbocycles. The van der Waals surface area contributed by atoms with Crippen LogP contribution in [0.5, 0.6) is 5.75 Å². The lowest BCUT2D eigenvalue weighted by Gasteiger charge is -2.14. The molecule has 0 saturated heterocycles. The van der Waals surface area contributed by atoms with E-state index in [4.69, 9.17) is 9.47 Å². The first-order chi connectivity index (χ1) is 12.8. The van der Waals surface area contributed by atoms with Gasteiger partial charge in [-0.2, -0.15) is 0 Å². The number of carbonyl (C=O) groups is 2. The summed E-state index contributed by atoms with van der Waals surface area (Å²) >= 11 is 0. The minimum Gasteiger partial charge on any atom is -0.482 e. The summed E-state index contributed by atoms with van der Waals surface area (Å²) in [5, 5.41) is 12.7. The number of nitrogens with one attached hydrogen (secondary N) is 1. The Balaban J connectivity index is 1.84. The molecule has 1 amide bonds. The average molecular weight is 380 g/mol. The number of esters is 1.